The Labute approximate surface area is 117 Å². The van der Waals surface area contributed by atoms with Crippen molar-refractivity contribution in [3.05, 3.63) is 0 Å². The van der Waals surface area contributed by atoms with Gasteiger partial charge in [0.2, 0.25) is 11.8 Å². The van der Waals surface area contributed by atoms with Crippen molar-refractivity contribution in [3.8, 4) is 0 Å². The van der Waals surface area contributed by atoms with Crippen LogP contribution in [0.1, 0.15) is 52.9 Å². The van der Waals surface area contributed by atoms with Gasteiger partial charge in [0.1, 0.15) is 0 Å². The van der Waals surface area contributed by atoms with Gasteiger partial charge in [0.05, 0.1) is 0 Å². The molecule has 0 aromatic heterocycles. The Morgan fingerprint density at radius 2 is 1.58 bits per heavy atom. The molecule has 0 unspecified atom stereocenters. The monoisotopic (exact) mass is 268 g/mol. The molecule has 110 valence electrons. The van der Waals surface area contributed by atoms with Crippen molar-refractivity contribution < 1.29 is 9.59 Å². The Hall–Kier alpha value is -1.06. The summed E-state index contributed by atoms with van der Waals surface area (Å²) in [5.74, 6) is 0.635. The van der Waals surface area contributed by atoms with E-state index < -0.39 is 0 Å². The number of likely N-dealkylation sites (tertiary alicyclic amines) is 1. The predicted molar refractivity (Wildman–Crippen MR) is 76.8 cm³/mol. The van der Waals surface area contributed by atoms with Crippen LogP contribution in [0.5, 0.6) is 0 Å². The summed E-state index contributed by atoms with van der Waals surface area (Å²) in [6.07, 6.45) is 4.25. The lowest BCUT2D eigenvalue weighted by Crippen LogP contribution is -2.44. The normalized spacial score (nSPS) is 16.5. The molecule has 1 aliphatic heterocycles. The number of carbonyl (C=O) groups excluding carboxylic acids is 2. The fraction of sp³-hybridized carbons (Fsp3) is 0.867. The van der Waals surface area contributed by atoms with E-state index >= 15 is 0 Å². The summed E-state index contributed by atoms with van der Waals surface area (Å²) in [5.41, 5.74) is 0. The molecule has 0 aliphatic carbocycles. The van der Waals surface area contributed by atoms with Gasteiger partial charge in [-0.05, 0) is 25.7 Å². The SMILES string of the molecule is CCCN(CCC)C(=O)C1CCN(C(=O)CC)CC1. The summed E-state index contributed by atoms with van der Waals surface area (Å²) in [4.78, 5) is 28.0. The zero-order valence-corrected chi connectivity index (χ0v) is 12.7. The number of amides is 2. The second-order valence-corrected chi connectivity index (χ2v) is 5.33. The maximum absolute atomic E-state index is 12.4. The van der Waals surface area contributed by atoms with Crippen LogP contribution in [0.3, 0.4) is 0 Å². The molecule has 0 bridgehead atoms. The molecule has 1 fully saturated rings. The molecule has 0 aromatic rings. The first-order valence-corrected chi connectivity index (χ1v) is 7.70. The summed E-state index contributed by atoms with van der Waals surface area (Å²) in [6, 6.07) is 0. The molecule has 1 saturated heterocycles. The second-order valence-electron chi connectivity index (χ2n) is 5.33. The Morgan fingerprint density at radius 1 is 1.05 bits per heavy atom. The Morgan fingerprint density at radius 3 is 2.00 bits per heavy atom. The molecule has 2 amide bonds. The maximum Gasteiger partial charge on any atom is 0.225 e. The lowest BCUT2D eigenvalue weighted by Gasteiger charge is -2.34. The van der Waals surface area contributed by atoms with Crippen molar-refractivity contribution in [2.75, 3.05) is 26.2 Å². The second kappa shape index (κ2) is 8.18. The first-order chi connectivity index (χ1) is 9.13. The summed E-state index contributed by atoms with van der Waals surface area (Å²) in [5, 5.41) is 0. The number of hydrogen-bond donors (Lipinski definition) is 0. The number of piperidine rings is 1. The molecular formula is C15H28N2O2. The van der Waals surface area contributed by atoms with E-state index in [0.29, 0.717) is 12.3 Å². The van der Waals surface area contributed by atoms with Crippen LogP contribution in [0, 0.1) is 5.92 Å². The van der Waals surface area contributed by atoms with E-state index in [2.05, 4.69) is 13.8 Å². The van der Waals surface area contributed by atoms with E-state index in [1.54, 1.807) is 0 Å². The van der Waals surface area contributed by atoms with Gasteiger partial charge >= 0.3 is 0 Å². The third kappa shape index (κ3) is 4.51. The standard InChI is InChI=1S/C15H28N2O2/c1-4-9-17(10-5-2)15(19)13-7-11-16(12-8-13)14(18)6-3/h13H,4-12H2,1-3H3. The van der Waals surface area contributed by atoms with Gasteiger partial charge in [-0.1, -0.05) is 20.8 Å². The first-order valence-electron chi connectivity index (χ1n) is 7.70. The van der Waals surface area contributed by atoms with Crippen molar-refractivity contribution in [3.63, 3.8) is 0 Å². The average molecular weight is 268 g/mol. The molecule has 4 nitrogen and oxygen atoms in total. The van der Waals surface area contributed by atoms with Gasteiger partial charge in [-0.2, -0.15) is 0 Å². The zero-order chi connectivity index (χ0) is 14.3. The third-order valence-electron chi connectivity index (χ3n) is 3.80. The molecule has 0 atom stereocenters. The van der Waals surface area contributed by atoms with Crippen molar-refractivity contribution in [1.29, 1.82) is 0 Å². The highest BCUT2D eigenvalue weighted by Gasteiger charge is 2.29. The van der Waals surface area contributed by atoms with Crippen LogP contribution in [0.2, 0.25) is 0 Å². The van der Waals surface area contributed by atoms with Crippen molar-refractivity contribution >= 4 is 11.8 Å². The molecule has 1 rings (SSSR count). The van der Waals surface area contributed by atoms with Crippen molar-refractivity contribution in [1.82, 2.24) is 9.80 Å². The summed E-state index contributed by atoms with van der Waals surface area (Å²) >= 11 is 0. The Balaban J connectivity index is 2.48. The molecule has 0 spiro atoms. The molecule has 1 heterocycles. The molecule has 0 aromatic carbocycles. The third-order valence-corrected chi connectivity index (χ3v) is 3.80. The molecule has 19 heavy (non-hydrogen) atoms. The highest BCUT2D eigenvalue weighted by Crippen LogP contribution is 2.20. The minimum atomic E-state index is 0.124. The average Bonchev–Trinajstić information content (AvgIpc) is 2.45. The lowest BCUT2D eigenvalue weighted by atomic mass is 9.95. The lowest BCUT2D eigenvalue weighted by molar-refractivity contribution is -0.140. The summed E-state index contributed by atoms with van der Waals surface area (Å²) < 4.78 is 0. The fourth-order valence-electron chi connectivity index (χ4n) is 2.73. The molecule has 4 heteroatoms. The van der Waals surface area contributed by atoms with Crippen LogP contribution in [0.4, 0.5) is 0 Å². The van der Waals surface area contributed by atoms with E-state index in [-0.39, 0.29) is 11.8 Å². The van der Waals surface area contributed by atoms with E-state index in [4.69, 9.17) is 0 Å². The minimum Gasteiger partial charge on any atom is -0.343 e. The fourth-order valence-corrected chi connectivity index (χ4v) is 2.73. The van der Waals surface area contributed by atoms with Gasteiger partial charge in [-0.3, -0.25) is 9.59 Å². The van der Waals surface area contributed by atoms with Gasteiger partial charge in [-0.25, -0.2) is 0 Å². The van der Waals surface area contributed by atoms with Crippen molar-refractivity contribution in [2.24, 2.45) is 5.92 Å². The summed E-state index contributed by atoms with van der Waals surface area (Å²) in [7, 11) is 0. The Bertz CT molecular complexity index is 291. The first kappa shape index (κ1) is 16.0. The van der Waals surface area contributed by atoms with Crippen LogP contribution in [0.25, 0.3) is 0 Å². The van der Waals surface area contributed by atoms with Crippen LogP contribution in [-0.2, 0) is 9.59 Å². The van der Waals surface area contributed by atoms with E-state index in [0.717, 1.165) is 51.9 Å². The largest absolute Gasteiger partial charge is 0.343 e. The molecular weight excluding hydrogens is 240 g/mol. The molecule has 0 N–H and O–H groups in total. The highest BCUT2D eigenvalue weighted by molar-refractivity contribution is 5.80. The number of carbonyl (C=O) groups is 2. The van der Waals surface area contributed by atoms with Crippen LogP contribution >= 0.6 is 0 Å². The van der Waals surface area contributed by atoms with Crippen molar-refractivity contribution in [2.45, 2.75) is 52.9 Å². The van der Waals surface area contributed by atoms with Gasteiger partial charge in [0.25, 0.3) is 0 Å². The number of hydrogen-bond acceptors (Lipinski definition) is 2. The summed E-state index contributed by atoms with van der Waals surface area (Å²) in [6.45, 7) is 9.33. The van der Waals surface area contributed by atoms with Crippen LogP contribution in [0.15, 0.2) is 0 Å². The quantitative estimate of drug-likeness (QED) is 0.741. The maximum atomic E-state index is 12.4. The van der Waals surface area contributed by atoms with Gasteiger partial charge in [-0.15, -0.1) is 0 Å². The molecule has 0 saturated carbocycles. The molecule has 1 aliphatic rings. The zero-order valence-electron chi connectivity index (χ0n) is 12.7. The predicted octanol–water partition coefficient (Wildman–Crippen LogP) is 2.28. The van der Waals surface area contributed by atoms with E-state index in [1.807, 2.05) is 16.7 Å². The smallest absolute Gasteiger partial charge is 0.225 e. The molecule has 0 radical (unpaired) electrons. The highest BCUT2D eigenvalue weighted by atomic mass is 16.2. The van der Waals surface area contributed by atoms with Gasteiger partial charge < -0.3 is 9.80 Å². The van der Waals surface area contributed by atoms with Crippen LogP contribution in [-0.4, -0.2) is 47.8 Å². The number of rotatable bonds is 6. The number of nitrogens with zero attached hydrogens (tertiary/aromatic N) is 2. The van der Waals surface area contributed by atoms with Crippen LogP contribution < -0.4 is 0 Å². The van der Waals surface area contributed by atoms with E-state index in [9.17, 15) is 9.59 Å². The van der Waals surface area contributed by atoms with E-state index in [1.165, 1.54) is 0 Å². The topological polar surface area (TPSA) is 40.6 Å². The minimum absolute atomic E-state index is 0.124. The Kier molecular flexibility index (Phi) is 6.89. The van der Waals surface area contributed by atoms with Gasteiger partial charge in [0.15, 0.2) is 0 Å². The van der Waals surface area contributed by atoms with Gasteiger partial charge in [0, 0.05) is 38.5 Å².